The van der Waals surface area contributed by atoms with E-state index in [1.54, 1.807) is 62.4 Å². The number of pyridine rings is 1. The fourth-order valence-electron chi connectivity index (χ4n) is 3.86. The molecule has 10 nitrogen and oxygen atoms in total. The van der Waals surface area contributed by atoms with Crippen molar-refractivity contribution in [2.24, 2.45) is 0 Å². The van der Waals surface area contributed by atoms with Crippen molar-refractivity contribution >= 4 is 40.2 Å². The van der Waals surface area contributed by atoms with Gasteiger partial charge in [-0.2, -0.15) is 0 Å². The number of amides is 2. The number of nitrogens with zero attached hydrogens (tertiary/aromatic N) is 1. The Morgan fingerprint density at radius 2 is 1.42 bits per heavy atom. The van der Waals surface area contributed by atoms with Crippen molar-refractivity contribution in [3.63, 3.8) is 0 Å². The Hall–Kier alpha value is -5.12. The van der Waals surface area contributed by atoms with Crippen molar-refractivity contribution < 1.29 is 29.0 Å². The number of hydrogen-bond acceptors (Lipinski definition) is 6. The third-order valence-corrected chi connectivity index (χ3v) is 5.57. The molecule has 1 heterocycles. The third-order valence-electron chi connectivity index (χ3n) is 5.57. The highest BCUT2D eigenvalue weighted by molar-refractivity contribution is 6.06. The molecule has 194 valence electrons. The second-order valence-electron chi connectivity index (χ2n) is 8.03. The van der Waals surface area contributed by atoms with Crippen molar-refractivity contribution in [3.05, 3.63) is 94.3 Å². The number of hydrogen-bond donors (Lipinski definition) is 3. The lowest BCUT2D eigenvalue weighted by Gasteiger charge is -2.19. The number of nitrogens with one attached hydrogen (secondary N) is 2. The predicted molar refractivity (Wildman–Crippen MR) is 143 cm³/mol. The average molecular weight is 516 g/mol. The Bertz CT molecular complexity index is 1580. The molecule has 0 aliphatic rings. The summed E-state index contributed by atoms with van der Waals surface area (Å²) in [6.45, 7) is 4.07. The summed E-state index contributed by atoms with van der Waals surface area (Å²) in [5, 5.41) is 15.1. The van der Waals surface area contributed by atoms with E-state index in [4.69, 9.17) is 9.47 Å². The number of para-hydroxylation sites is 1. The van der Waals surface area contributed by atoms with Crippen LogP contribution >= 0.6 is 0 Å². The number of ether oxygens (including phenoxy) is 2. The Morgan fingerprint density at radius 3 is 2.03 bits per heavy atom. The van der Waals surface area contributed by atoms with Gasteiger partial charge in [-0.1, -0.05) is 30.3 Å². The van der Waals surface area contributed by atoms with Gasteiger partial charge in [0.2, 0.25) is 5.43 Å². The number of carbonyl (C=O) groups excluding carboxylic acids is 2. The van der Waals surface area contributed by atoms with Crippen LogP contribution in [-0.2, 0) is 0 Å². The summed E-state index contributed by atoms with van der Waals surface area (Å²) in [5.41, 5.74) is 0.00306. The van der Waals surface area contributed by atoms with Crippen LogP contribution in [0.5, 0.6) is 11.5 Å². The zero-order valence-corrected chi connectivity index (χ0v) is 20.7. The molecule has 4 rings (SSSR count). The van der Waals surface area contributed by atoms with Gasteiger partial charge in [0.15, 0.2) is 0 Å². The van der Waals surface area contributed by atoms with Gasteiger partial charge in [-0.3, -0.25) is 14.2 Å². The highest BCUT2D eigenvalue weighted by Gasteiger charge is 2.20. The maximum atomic E-state index is 13.4. The Labute approximate surface area is 217 Å². The number of fused-ring (bicyclic) bond motifs is 1. The number of rotatable bonds is 8. The van der Waals surface area contributed by atoms with Crippen LogP contribution in [0.3, 0.4) is 0 Å². The van der Waals surface area contributed by atoms with Crippen LogP contribution in [0.15, 0.2) is 77.7 Å². The largest absolute Gasteiger partial charge is 0.492 e. The Balaban J connectivity index is 1.75. The van der Waals surface area contributed by atoms with E-state index >= 15 is 0 Å². The summed E-state index contributed by atoms with van der Waals surface area (Å²) in [5.74, 6) is -1.27. The lowest BCUT2D eigenvalue weighted by atomic mass is 10.1. The molecule has 0 fully saturated rings. The number of carboxylic acid groups (broad SMARTS) is 1. The molecule has 0 radical (unpaired) electrons. The first-order valence-corrected chi connectivity index (χ1v) is 11.8. The molecule has 38 heavy (non-hydrogen) atoms. The molecule has 1 aromatic heterocycles. The standard InChI is InChI=1S/C28H25N3O7/c1-3-37-23-15-21(24(38-4-2)14-20(23)29-26(33)17-10-6-5-7-11-17)30-28(36)31-16-19(27(34)35)25(32)18-12-8-9-13-22(18)31/h5-16H,3-4H2,1-2H3,(H,29,33)(H,30,36)(H,34,35). The SMILES string of the molecule is CCOc1cc(NC(=O)n2cc(C(=O)O)c(=O)c3ccccc32)c(OCC)cc1NC(=O)c1ccccc1. The number of carbonyl (C=O) groups is 3. The average Bonchev–Trinajstić information content (AvgIpc) is 2.91. The predicted octanol–water partition coefficient (Wildman–Crippen LogP) is 4.83. The Kier molecular flexibility index (Phi) is 7.72. The molecule has 10 heteroatoms. The quantitative estimate of drug-likeness (QED) is 0.306. The maximum Gasteiger partial charge on any atom is 0.341 e. The monoisotopic (exact) mass is 515 g/mol. The zero-order valence-electron chi connectivity index (χ0n) is 20.7. The van der Waals surface area contributed by atoms with Gasteiger partial charge in [0.25, 0.3) is 5.91 Å². The summed E-state index contributed by atoms with van der Waals surface area (Å²) in [4.78, 5) is 50.4. The van der Waals surface area contributed by atoms with Gasteiger partial charge in [0.1, 0.15) is 17.1 Å². The van der Waals surface area contributed by atoms with E-state index in [1.165, 1.54) is 18.2 Å². The lowest BCUT2D eigenvalue weighted by molar-refractivity contribution is 0.0695. The van der Waals surface area contributed by atoms with Crippen molar-refractivity contribution in [3.8, 4) is 11.5 Å². The molecule has 3 N–H and O–H groups in total. The third kappa shape index (κ3) is 5.34. The van der Waals surface area contributed by atoms with E-state index in [-0.39, 0.29) is 47.2 Å². The minimum absolute atomic E-state index is 0.0848. The first-order valence-electron chi connectivity index (χ1n) is 11.8. The second kappa shape index (κ2) is 11.3. The summed E-state index contributed by atoms with van der Waals surface area (Å²) in [6.07, 6.45) is 0.987. The van der Waals surface area contributed by atoms with Crippen LogP contribution in [0.1, 0.15) is 34.6 Å². The smallest absolute Gasteiger partial charge is 0.341 e. The van der Waals surface area contributed by atoms with E-state index in [2.05, 4.69) is 10.6 Å². The first-order chi connectivity index (χ1) is 18.3. The van der Waals surface area contributed by atoms with Gasteiger partial charge in [-0.15, -0.1) is 0 Å². The van der Waals surface area contributed by atoms with Crippen molar-refractivity contribution in [2.45, 2.75) is 13.8 Å². The molecule has 4 aromatic rings. The summed E-state index contributed by atoms with van der Waals surface area (Å²) in [6, 6.07) is 17.2. The Morgan fingerprint density at radius 1 is 0.842 bits per heavy atom. The minimum Gasteiger partial charge on any atom is -0.492 e. The number of carboxylic acids is 1. The normalized spacial score (nSPS) is 10.6. The van der Waals surface area contributed by atoms with Crippen LogP contribution in [0.2, 0.25) is 0 Å². The lowest BCUT2D eigenvalue weighted by Crippen LogP contribution is -2.26. The van der Waals surface area contributed by atoms with Crippen LogP contribution in [0, 0.1) is 0 Å². The topological polar surface area (TPSA) is 136 Å². The van der Waals surface area contributed by atoms with Crippen molar-refractivity contribution in [1.29, 1.82) is 0 Å². The maximum absolute atomic E-state index is 13.4. The van der Waals surface area contributed by atoms with Crippen LogP contribution in [-0.4, -0.2) is 40.8 Å². The fourth-order valence-corrected chi connectivity index (χ4v) is 3.86. The summed E-state index contributed by atoms with van der Waals surface area (Å²) in [7, 11) is 0. The van der Waals surface area contributed by atoms with E-state index in [1.807, 2.05) is 0 Å². The molecule has 0 unspecified atom stereocenters. The van der Waals surface area contributed by atoms with E-state index in [0.717, 1.165) is 10.8 Å². The van der Waals surface area contributed by atoms with Crippen molar-refractivity contribution in [1.82, 2.24) is 4.57 Å². The zero-order chi connectivity index (χ0) is 27.2. The van der Waals surface area contributed by atoms with Crippen LogP contribution in [0.25, 0.3) is 10.9 Å². The van der Waals surface area contributed by atoms with Crippen LogP contribution < -0.4 is 25.5 Å². The minimum atomic E-state index is -1.45. The molecule has 3 aromatic carbocycles. The fraction of sp³-hybridized carbons (Fsp3) is 0.143. The molecule has 0 aliphatic carbocycles. The molecule has 0 saturated carbocycles. The molecular weight excluding hydrogens is 490 g/mol. The molecular formula is C28H25N3O7. The number of aromatic carboxylic acids is 1. The van der Waals surface area contributed by atoms with Gasteiger partial charge in [-0.25, -0.2) is 9.59 Å². The molecule has 0 saturated heterocycles. The van der Waals surface area contributed by atoms with Gasteiger partial charge >= 0.3 is 12.0 Å². The van der Waals surface area contributed by atoms with Crippen LogP contribution in [0.4, 0.5) is 16.2 Å². The van der Waals surface area contributed by atoms with E-state index < -0.39 is 23.0 Å². The van der Waals surface area contributed by atoms with Gasteiger partial charge in [-0.05, 0) is 38.1 Å². The number of aromatic nitrogens is 1. The second-order valence-corrected chi connectivity index (χ2v) is 8.03. The highest BCUT2D eigenvalue weighted by atomic mass is 16.5. The molecule has 0 aliphatic heterocycles. The summed E-state index contributed by atoms with van der Waals surface area (Å²) >= 11 is 0. The highest BCUT2D eigenvalue weighted by Crippen LogP contribution is 2.37. The van der Waals surface area contributed by atoms with Gasteiger partial charge < -0.3 is 25.2 Å². The number of benzene rings is 3. The summed E-state index contributed by atoms with van der Waals surface area (Å²) < 4.78 is 12.5. The molecule has 0 atom stereocenters. The molecule has 0 spiro atoms. The number of anilines is 2. The van der Waals surface area contributed by atoms with Gasteiger partial charge in [0, 0.05) is 29.3 Å². The molecule has 0 bridgehead atoms. The van der Waals surface area contributed by atoms with E-state index in [9.17, 15) is 24.3 Å². The molecule has 2 amide bonds. The van der Waals surface area contributed by atoms with E-state index in [0.29, 0.717) is 11.3 Å². The van der Waals surface area contributed by atoms with Gasteiger partial charge in [0.05, 0.1) is 30.1 Å². The first kappa shape index (κ1) is 26.0. The van der Waals surface area contributed by atoms with Crippen molar-refractivity contribution in [2.75, 3.05) is 23.8 Å².